The summed E-state index contributed by atoms with van der Waals surface area (Å²) in [5, 5.41) is 9.50. The molecule has 1 heterocycles. The van der Waals surface area contributed by atoms with Gasteiger partial charge in [0, 0.05) is 30.5 Å². The van der Waals surface area contributed by atoms with E-state index in [-0.39, 0.29) is 17.3 Å². The van der Waals surface area contributed by atoms with Gasteiger partial charge in [-0.05, 0) is 44.0 Å². The van der Waals surface area contributed by atoms with E-state index in [1.165, 1.54) is 18.7 Å². The van der Waals surface area contributed by atoms with Crippen LogP contribution in [0.3, 0.4) is 0 Å². The van der Waals surface area contributed by atoms with Gasteiger partial charge in [-0.3, -0.25) is 14.4 Å². The fourth-order valence-electron chi connectivity index (χ4n) is 3.09. The Balaban J connectivity index is 2.27. The summed E-state index contributed by atoms with van der Waals surface area (Å²) in [6.07, 6.45) is 0.738. The van der Waals surface area contributed by atoms with Gasteiger partial charge in [0.25, 0.3) is 0 Å². The van der Waals surface area contributed by atoms with Crippen molar-refractivity contribution in [3.8, 4) is 0 Å². The fraction of sp³-hybridized carbons (Fsp3) is 0.444. The number of carboxylic acids is 1. The number of carboxylic acid groups (broad SMARTS) is 1. The van der Waals surface area contributed by atoms with Gasteiger partial charge in [-0.25, -0.2) is 4.79 Å². The van der Waals surface area contributed by atoms with Crippen LogP contribution in [0.4, 0.5) is 0 Å². The molecule has 8 heteroatoms. The Bertz CT molecular complexity index is 736. The molecule has 140 valence electrons. The summed E-state index contributed by atoms with van der Waals surface area (Å²) in [5.41, 5.74) is 0.383. The minimum atomic E-state index is -1.36. The lowest BCUT2D eigenvalue weighted by atomic mass is 9.97. The smallest absolute Gasteiger partial charge is 0.326 e. The molecule has 6 nitrogen and oxygen atoms in total. The van der Waals surface area contributed by atoms with Crippen molar-refractivity contribution in [1.82, 2.24) is 4.90 Å². The summed E-state index contributed by atoms with van der Waals surface area (Å²) < 4.78 is -1.36. The first-order chi connectivity index (χ1) is 12.1. The van der Waals surface area contributed by atoms with Crippen LogP contribution in [0.5, 0.6) is 0 Å². The van der Waals surface area contributed by atoms with Crippen molar-refractivity contribution in [3.63, 3.8) is 0 Å². The topological polar surface area (TPSA) is 91.8 Å². The standard InChI is InChI=1S/C18H20ClNO5S/c1-11(21)26-18(2,10-15(22)12-5-7-13(19)8-6-12)17(25)20-9-3-4-14(20)16(23)24/h5-8,14H,3-4,9-10H2,1-2H3,(H,23,24)/t14-,18?/m0/s1. The number of aliphatic carboxylic acids is 1. The third-order valence-corrected chi connectivity index (χ3v) is 5.59. The number of rotatable bonds is 6. The summed E-state index contributed by atoms with van der Waals surface area (Å²) in [7, 11) is 0. The Morgan fingerprint density at radius 3 is 2.42 bits per heavy atom. The summed E-state index contributed by atoms with van der Waals surface area (Å²) >= 11 is 6.59. The lowest BCUT2D eigenvalue weighted by Gasteiger charge is -2.32. The lowest BCUT2D eigenvalue weighted by molar-refractivity contribution is -0.149. The number of nitrogens with zero attached hydrogens (tertiary/aromatic N) is 1. The number of ketones is 1. The van der Waals surface area contributed by atoms with E-state index in [1.807, 2.05) is 0 Å². The van der Waals surface area contributed by atoms with Gasteiger partial charge in [0.1, 0.15) is 10.8 Å². The van der Waals surface area contributed by atoms with Crippen molar-refractivity contribution in [2.45, 2.75) is 43.9 Å². The molecule has 0 radical (unpaired) electrons. The highest BCUT2D eigenvalue weighted by Crippen LogP contribution is 2.35. The summed E-state index contributed by atoms with van der Waals surface area (Å²) in [5.74, 6) is -1.88. The van der Waals surface area contributed by atoms with Crippen LogP contribution in [0, 0.1) is 0 Å². The highest BCUT2D eigenvalue weighted by atomic mass is 35.5. The van der Waals surface area contributed by atoms with Crippen LogP contribution >= 0.6 is 23.4 Å². The van der Waals surface area contributed by atoms with Gasteiger partial charge in [0.2, 0.25) is 5.91 Å². The van der Waals surface area contributed by atoms with Crippen molar-refractivity contribution >= 4 is 46.1 Å². The molecule has 1 saturated heterocycles. The molecule has 1 aromatic rings. The maximum absolute atomic E-state index is 13.1. The van der Waals surface area contributed by atoms with Gasteiger partial charge in [0.05, 0.1) is 0 Å². The second kappa shape index (κ2) is 8.22. The molecule has 1 aliphatic heterocycles. The number of benzene rings is 1. The largest absolute Gasteiger partial charge is 0.480 e. The van der Waals surface area contributed by atoms with Crippen LogP contribution in [-0.2, 0) is 14.4 Å². The number of hydrogen-bond donors (Lipinski definition) is 1. The third kappa shape index (κ3) is 4.65. The fourth-order valence-corrected chi connectivity index (χ4v) is 4.26. The van der Waals surface area contributed by atoms with Crippen LogP contribution in [0.25, 0.3) is 0 Å². The van der Waals surface area contributed by atoms with Crippen LogP contribution in [0.2, 0.25) is 5.02 Å². The van der Waals surface area contributed by atoms with Crippen molar-refractivity contribution in [1.29, 1.82) is 0 Å². The second-order valence-electron chi connectivity index (χ2n) is 6.43. The maximum Gasteiger partial charge on any atom is 0.326 e. The molecule has 26 heavy (non-hydrogen) atoms. The first-order valence-electron chi connectivity index (χ1n) is 8.16. The number of amides is 1. The molecule has 2 rings (SSSR count). The Labute approximate surface area is 160 Å². The molecule has 0 aromatic heterocycles. The molecule has 1 aliphatic rings. The van der Waals surface area contributed by atoms with Crippen LogP contribution in [-0.4, -0.2) is 50.1 Å². The number of Topliss-reactive ketones (excluding diaryl/α,β-unsaturated/α-hetero) is 1. The third-order valence-electron chi connectivity index (χ3n) is 4.28. The number of halogens is 1. The van der Waals surface area contributed by atoms with Gasteiger partial charge in [-0.15, -0.1) is 0 Å². The number of carbonyl (C=O) groups is 4. The van der Waals surface area contributed by atoms with Crippen molar-refractivity contribution in [2.24, 2.45) is 0 Å². The number of thioether (sulfide) groups is 1. The van der Waals surface area contributed by atoms with E-state index in [4.69, 9.17) is 11.6 Å². The normalized spacial score (nSPS) is 19.0. The van der Waals surface area contributed by atoms with E-state index in [0.717, 1.165) is 11.8 Å². The van der Waals surface area contributed by atoms with Gasteiger partial charge in [-0.2, -0.15) is 0 Å². The molecular weight excluding hydrogens is 378 g/mol. The van der Waals surface area contributed by atoms with E-state index < -0.39 is 22.7 Å². The maximum atomic E-state index is 13.1. The summed E-state index contributed by atoms with van der Waals surface area (Å²) in [6, 6.07) is 5.35. The zero-order valence-corrected chi connectivity index (χ0v) is 16.1. The molecule has 1 unspecified atom stereocenters. The molecule has 2 atom stereocenters. The molecular formula is C18H20ClNO5S. The van der Waals surface area contributed by atoms with Gasteiger partial charge < -0.3 is 10.0 Å². The molecule has 0 aliphatic carbocycles. The van der Waals surface area contributed by atoms with Crippen LogP contribution in [0.1, 0.15) is 43.5 Å². The van der Waals surface area contributed by atoms with E-state index >= 15 is 0 Å². The first-order valence-corrected chi connectivity index (χ1v) is 9.36. The molecule has 1 aromatic carbocycles. The first kappa shape index (κ1) is 20.5. The highest BCUT2D eigenvalue weighted by Gasteiger charge is 2.45. The molecule has 1 fully saturated rings. The van der Waals surface area contributed by atoms with E-state index in [0.29, 0.717) is 30.0 Å². The van der Waals surface area contributed by atoms with Crippen LogP contribution < -0.4 is 0 Å². The van der Waals surface area contributed by atoms with Gasteiger partial charge >= 0.3 is 5.97 Å². The van der Waals surface area contributed by atoms with Gasteiger partial charge in [-0.1, -0.05) is 23.4 Å². The molecule has 0 bridgehead atoms. The Morgan fingerprint density at radius 1 is 1.27 bits per heavy atom. The monoisotopic (exact) mass is 397 g/mol. The van der Waals surface area contributed by atoms with E-state index in [2.05, 4.69) is 0 Å². The van der Waals surface area contributed by atoms with Crippen LogP contribution in [0.15, 0.2) is 24.3 Å². The zero-order valence-electron chi connectivity index (χ0n) is 14.5. The minimum absolute atomic E-state index is 0.208. The predicted octanol–water partition coefficient (Wildman–Crippen LogP) is 3.03. The zero-order chi connectivity index (χ0) is 19.5. The Hall–Kier alpha value is -1.86. The van der Waals surface area contributed by atoms with Crippen molar-refractivity contribution < 1.29 is 24.3 Å². The lowest BCUT2D eigenvalue weighted by Crippen LogP contribution is -2.50. The number of hydrogen-bond acceptors (Lipinski definition) is 5. The molecule has 1 amide bonds. The number of carbonyl (C=O) groups excluding carboxylic acids is 3. The number of likely N-dealkylation sites (tertiary alicyclic amines) is 1. The Morgan fingerprint density at radius 2 is 1.88 bits per heavy atom. The average molecular weight is 398 g/mol. The molecule has 1 N–H and O–H groups in total. The quantitative estimate of drug-likeness (QED) is 0.742. The SMILES string of the molecule is CC(=O)SC(C)(CC(=O)c1ccc(Cl)cc1)C(=O)N1CCC[C@H]1C(=O)O. The van der Waals surface area contributed by atoms with E-state index in [9.17, 15) is 24.3 Å². The van der Waals surface area contributed by atoms with E-state index in [1.54, 1.807) is 24.3 Å². The van der Waals surface area contributed by atoms with Crippen molar-refractivity contribution in [3.05, 3.63) is 34.9 Å². The molecule has 0 spiro atoms. The summed E-state index contributed by atoms with van der Waals surface area (Å²) in [4.78, 5) is 50.1. The predicted molar refractivity (Wildman–Crippen MR) is 99.4 cm³/mol. The highest BCUT2D eigenvalue weighted by molar-refractivity contribution is 8.15. The minimum Gasteiger partial charge on any atom is -0.480 e. The summed E-state index contributed by atoms with van der Waals surface area (Å²) in [6.45, 7) is 3.15. The average Bonchev–Trinajstić information content (AvgIpc) is 3.03. The molecule has 0 saturated carbocycles. The Kier molecular flexibility index (Phi) is 6.47. The van der Waals surface area contributed by atoms with Crippen molar-refractivity contribution in [2.75, 3.05) is 6.54 Å². The second-order valence-corrected chi connectivity index (χ2v) is 8.54. The van der Waals surface area contributed by atoms with Gasteiger partial charge in [0.15, 0.2) is 10.9 Å².